The zero-order valence-electron chi connectivity index (χ0n) is 13.3. The highest BCUT2D eigenvalue weighted by molar-refractivity contribution is 6.44. The molecular weight excluding hydrogens is 309 g/mol. The summed E-state index contributed by atoms with van der Waals surface area (Å²) in [5, 5.41) is 0. The van der Waals surface area contributed by atoms with Gasteiger partial charge in [0.1, 0.15) is 0 Å². The van der Waals surface area contributed by atoms with E-state index in [1.807, 2.05) is 13.8 Å². The molecule has 2 nitrogen and oxygen atoms in total. The number of alkyl halides is 3. The highest BCUT2D eigenvalue weighted by Crippen LogP contribution is 2.29. The van der Waals surface area contributed by atoms with Crippen LogP contribution in [-0.4, -0.2) is 22.5 Å². The summed E-state index contributed by atoms with van der Waals surface area (Å²) in [6.45, 7) is 5.50. The zero-order chi connectivity index (χ0) is 16.4. The van der Waals surface area contributed by atoms with Gasteiger partial charge in [-0.25, -0.2) is 0 Å². The van der Waals surface area contributed by atoms with E-state index in [-0.39, 0.29) is 0 Å². The fourth-order valence-corrected chi connectivity index (χ4v) is 4.05. The second kappa shape index (κ2) is 10.0. The lowest BCUT2D eigenvalue weighted by atomic mass is 10.1. The smallest absolute Gasteiger partial charge is 0.397 e. The molecule has 126 valence electrons. The standard InChI is InChI=1S/C16H25F3O2Si/c1-3-10-20-22(21-11-4-2)12-6-8-14-7-5-9-15(13-14)16(17,18)19/h5,7,9,13,22H,3-4,6,8,10-12H2,1-2H3. The molecule has 0 aliphatic carbocycles. The minimum Gasteiger partial charge on any atom is -0.397 e. The van der Waals surface area contributed by atoms with Crippen LogP contribution in [0.15, 0.2) is 24.3 Å². The van der Waals surface area contributed by atoms with E-state index >= 15 is 0 Å². The molecule has 1 aromatic rings. The van der Waals surface area contributed by atoms with Gasteiger partial charge in [-0.3, -0.25) is 0 Å². The Morgan fingerprint density at radius 2 is 1.68 bits per heavy atom. The van der Waals surface area contributed by atoms with Crippen molar-refractivity contribution in [3.8, 4) is 0 Å². The van der Waals surface area contributed by atoms with Crippen LogP contribution in [0.3, 0.4) is 0 Å². The minimum atomic E-state index is -4.28. The Labute approximate surface area is 132 Å². The van der Waals surface area contributed by atoms with Crippen LogP contribution in [0.5, 0.6) is 0 Å². The maximum absolute atomic E-state index is 12.7. The molecule has 0 atom stereocenters. The predicted molar refractivity (Wildman–Crippen MR) is 84.2 cm³/mol. The molecule has 0 heterocycles. The molecule has 22 heavy (non-hydrogen) atoms. The molecule has 1 rings (SSSR count). The van der Waals surface area contributed by atoms with Gasteiger partial charge in [-0.05, 0) is 43.4 Å². The highest BCUT2D eigenvalue weighted by atomic mass is 28.3. The molecule has 0 saturated heterocycles. The number of hydrogen-bond acceptors (Lipinski definition) is 2. The molecule has 6 heteroatoms. The van der Waals surface area contributed by atoms with Gasteiger partial charge >= 0.3 is 15.5 Å². The quantitative estimate of drug-likeness (QED) is 0.577. The fraction of sp³-hybridized carbons (Fsp3) is 0.625. The average Bonchev–Trinajstić information content (AvgIpc) is 2.49. The van der Waals surface area contributed by atoms with E-state index in [1.165, 1.54) is 12.1 Å². The Balaban J connectivity index is 2.46. The van der Waals surface area contributed by atoms with Gasteiger partial charge in [0.25, 0.3) is 0 Å². The van der Waals surface area contributed by atoms with Crippen molar-refractivity contribution in [2.45, 2.75) is 51.8 Å². The van der Waals surface area contributed by atoms with Crippen molar-refractivity contribution in [1.82, 2.24) is 0 Å². The molecule has 0 spiro atoms. The van der Waals surface area contributed by atoms with E-state index in [1.54, 1.807) is 6.07 Å². The number of halogens is 3. The van der Waals surface area contributed by atoms with Crippen molar-refractivity contribution in [2.24, 2.45) is 0 Å². The van der Waals surface area contributed by atoms with Crippen molar-refractivity contribution in [3.05, 3.63) is 35.4 Å². The maximum Gasteiger partial charge on any atom is 0.416 e. The van der Waals surface area contributed by atoms with Crippen LogP contribution >= 0.6 is 0 Å². The van der Waals surface area contributed by atoms with E-state index in [0.717, 1.165) is 31.4 Å². The number of benzene rings is 1. The third-order valence-corrected chi connectivity index (χ3v) is 5.27. The van der Waals surface area contributed by atoms with Crippen molar-refractivity contribution >= 4 is 9.28 Å². The topological polar surface area (TPSA) is 18.5 Å². The van der Waals surface area contributed by atoms with Crippen molar-refractivity contribution in [1.29, 1.82) is 0 Å². The molecule has 0 radical (unpaired) electrons. The number of aryl methyl sites for hydroxylation is 1. The van der Waals surface area contributed by atoms with Crippen molar-refractivity contribution < 1.29 is 22.0 Å². The number of hydrogen-bond donors (Lipinski definition) is 0. The first-order chi connectivity index (χ1) is 10.5. The molecule has 0 unspecified atom stereocenters. The minimum absolute atomic E-state index is 0.580. The molecular formula is C16H25F3O2Si. The van der Waals surface area contributed by atoms with Crippen LogP contribution in [0.25, 0.3) is 0 Å². The summed E-state index contributed by atoms with van der Waals surface area (Å²) in [6.07, 6.45) is -0.953. The van der Waals surface area contributed by atoms with Crippen LogP contribution in [0.4, 0.5) is 13.2 Å². The first kappa shape index (κ1) is 19.2. The monoisotopic (exact) mass is 334 g/mol. The Morgan fingerprint density at radius 3 is 2.23 bits per heavy atom. The Hall–Kier alpha value is -0.853. The van der Waals surface area contributed by atoms with Crippen LogP contribution in [0.1, 0.15) is 44.2 Å². The molecule has 0 N–H and O–H groups in total. The summed E-state index contributed by atoms with van der Waals surface area (Å²) in [6, 6.07) is 6.38. The Bertz CT molecular complexity index is 416. The molecule has 0 bridgehead atoms. The summed E-state index contributed by atoms with van der Waals surface area (Å²) in [4.78, 5) is 0. The lowest BCUT2D eigenvalue weighted by Gasteiger charge is -2.16. The van der Waals surface area contributed by atoms with Crippen LogP contribution in [0.2, 0.25) is 6.04 Å². The van der Waals surface area contributed by atoms with Crippen LogP contribution < -0.4 is 0 Å². The van der Waals surface area contributed by atoms with Gasteiger partial charge in [-0.1, -0.05) is 32.0 Å². The highest BCUT2D eigenvalue weighted by Gasteiger charge is 2.30. The molecule has 1 aromatic carbocycles. The first-order valence-electron chi connectivity index (χ1n) is 7.86. The first-order valence-corrected chi connectivity index (χ1v) is 9.62. The van der Waals surface area contributed by atoms with E-state index in [2.05, 4.69) is 0 Å². The third kappa shape index (κ3) is 7.42. The zero-order valence-corrected chi connectivity index (χ0v) is 14.4. The normalized spacial score (nSPS) is 12.1. The van der Waals surface area contributed by atoms with Gasteiger partial charge in [0.2, 0.25) is 0 Å². The average molecular weight is 334 g/mol. The van der Waals surface area contributed by atoms with Gasteiger partial charge < -0.3 is 8.85 Å². The molecule has 0 aliphatic heterocycles. The maximum atomic E-state index is 12.7. The van der Waals surface area contributed by atoms with Gasteiger partial charge in [-0.2, -0.15) is 13.2 Å². The summed E-state index contributed by atoms with van der Waals surface area (Å²) in [7, 11) is -1.68. The summed E-state index contributed by atoms with van der Waals surface area (Å²) in [5.41, 5.74) is 0.136. The largest absolute Gasteiger partial charge is 0.416 e. The summed E-state index contributed by atoms with van der Waals surface area (Å²) in [5.74, 6) is 0. The van der Waals surface area contributed by atoms with Crippen LogP contribution in [0, 0.1) is 0 Å². The van der Waals surface area contributed by atoms with Gasteiger partial charge in [-0.15, -0.1) is 0 Å². The van der Waals surface area contributed by atoms with Gasteiger partial charge in [0.05, 0.1) is 5.56 Å². The molecule has 0 amide bonds. The Kier molecular flexibility index (Phi) is 8.74. The fourth-order valence-electron chi connectivity index (χ4n) is 2.09. The molecule has 0 aromatic heterocycles. The van der Waals surface area contributed by atoms with E-state index < -0.39 is 21.0 Å². The molecule has 0 fully saturated rings. The Morgan fingerprint density at radius 1 is 1.05 bits per heavy atom. The van der Waals surface area contributed by atoms with Crippen molar-refractivity contribution in [3.63, 3.8) is 0 Å². The lowest BCUT2D eigenvalue weighted by molar-refractivity contribution is -0.137. The SMILES string of the molecule is CCCO[SiH](CCCc1cccc(C(F)(F)F)c1)OCCC. The third-order valence-electron chi connectivity index (χ3n) is 3.18. The summed E-state index contributed by atoms with van der Waals surface area (Å²) >= 11 is 0. The predicted octanol–water partition coefficient (Wildman–Crippen LogP) is 4.71. The van der Waals surface area contributed by atoms with Crippen LogP contribution in [-0.2, 0) is 21.4 Å². The van der Waals surface area contributed by atoms with E-state index in [0.29, 0.717) is 25.2 Å². The second-order valence-corrected chi connectivity index (χ2v) is 7.36. The number of rotatable bonds is 10. The molecule has 0 aliphatic rings. The molecule has 0 saturated carbocycles. The van der Waals surface area contributed by atoms with E-state index in [4.69, 9.17) is 8.85 Å². The van der Waals surface area contributed by atoms with E-state index in [9.17, 15) is 13.2 Å². The summed E-state index contributed by atoms with van der Waals surface area (Å²) < 4.78 is 49.5. The lowest BCUT2D eigenvalue weighted by Crippen LogP contribution is -2.24. The second-order valence-electron chi connectivity index (χ2n) is 5.26. The van der Waals surface area contributed by atoms with Gasteiger partial charge in [0.15, 0.2) is 0 Å². The van der Waals surface area contributed by atoms with Crippen molar-refractivity contribution in [2.75, 3.05) is 13.2 Å². The van der Waals surface area contributed by atoms with Gasteiger partial charge in [0, 0.05) is 13.2 Å².